The zero-order valence-corrected chi connectivity index (χ0v) is 33.0. The summed E-state index contributed by atoms with van der Waals surface area (Å²) < 4.78 is 14.0. The number of fused-ring (bicyclic) bond motifs is 6. The van der Waals surface area contributed by atoms with Gasteiger partial charge in [0.05, 0.1) is 40.9 Å². The molecule has 288 valence electrons. The first-order valence-corrected chi connectivity index (χ1v) is 19.9. The Kier molecular flexibility index (Phi) is 10.7. The molecule has 2 fully saturated rings. The summed E-state index contributed by atoms with van der Waals surface area (Å²) in [5, 5.41) is 19.1. The molecule has 4 aromatic rings. The van der Waals surface area contributed by atoms with E-state index in [2.05, 4.69) is 61.2 Å². The molecular weight excluding hydrogens is 705 g/mol. The van der Waals surface area contributed by atoms with Gasteiger partial charge in [-0.1, -0.05) is 33.8 Å². The van der Waals surface area contributed by atoms with Gasteiger partial charge in [-0.3, -0.25) is 24.4 Å². The lowest BCUT2D eigenvalue weighted by molar-refractivity contribution is -0.155. The summed E-state index contributed by atoms with van der Waals surface area (Å²) in [4.78, 5) is 50.9. The quantitative estimate of drug-likeness (QED) is 0.209. The Morgan fingerprint density at radius 3 is 2.70 bits per heavy atom. The van der Waals surface area contributed by atoms with Crippen LogP contribution in [0.15, 0.2) is 41.9 Å². The molecular formula is C41H52N6O6S. The second kappa shape index (κ2) is 15.2. The van der Waals surface area contributed by atoms with Crippen molar-refractivity contribution in [2.75, 3.05) is 20.3 Å². The van der Waals surface area contributed by atoms with Gasteiger partial charge in [-0.2, -0.15) is 0 Å². The number of nitrogens with one attached hydrogen (secondary N) is 2. The highest BCUT2D eigenvalue weighted by Crippen LogP contribution is 2.46. The molecule has 1 saturated heterocycles. The normalized spacial score (nSPS) is 25.5. The molecule has 7 rings (SSSR count). The van der Waals surface area contributed by atoms with E-state index in [0.29, 0.717) is 32.4 Å². The molecule has 0 spiro atoms. The highest BCUT2D eigenvalue weighted by Gasteiger charge is 2.49. The van der Waals surface area contributed by atoms with Crippen molar-refractivity contribution in [1.29, 1.82) is 0 Å². The standard InChI is InChI=1S/C41H52N6O6S/c1-22(48)19-46-33-13-12-26-16-28(33)29(37(46)27-10-8-14-42-36(27)25(4)52-7)18-41(5,6)21-53-40(51)30-11-9-15-47(45-30)39(50)31(17-34-43-32(26)20-54-34)44-38(49)35-23(2)24(35)3/h8,10,12-14,16,20,22-25,30-31,35,45,48H,9,11,15,17-19,21H2,1-7H3,(H,44,49)/t22-,23-,24+,25-,30-,31-,35+/m0/s1. The summed E-state index contributed by atoms with van der Waals surface area (Å²) >= 11 is 1.46. The van der Waals surface area contributed by atoms with Crippen LogP contribution in [-0.2, 0) is 43.2 Å². The number of rotatable bonds is 7. The summed E-state index contributed by atoms with van der Waals surface area (Å²) in [6.45, 7) is 12.9. The number of benzene rings is 1. The lowest BCUT2D eigenvalue weighted by atomic mass is 9.84. The summed E-state index contributed by atoms with van der Waals surface area (Å²) in [5.74, 6) is -0.469. The highest BCUT2D eigenvalue weighted by molar-refractivity contribution is 7.10. The van der Waals surface area contributed by atoms with E-state index in [0.717, 1.165) is 49.7 Å². The van der Waals surface area contributed by atoms with Gasteiger partial charge >= 0.3 is 5.97 Å². The first-order chi connectivity index (χ1) is 25.8. The largest absolute Gasteiger partial charge is 0.464 e. The molecule has 0 radical (unpaired) electrons. The summed E-state index contributed by atoms with van der Waals surface area (Å²) in [7, 11) is 1.67. The van der Waals surface area contributed by atoms with Gasteiger partial charge in [-0.25, -0.2) is 10.4 Å². The fourth-order valence-electron chi connectivity index (χ4n) is 8.10. The number of methoxy groups -OCH3 is 1. The molecule has 12 nitrogen and oxygen atoms in total. The SMILES string of the molecule is CO[C@@H](C)c1ncccc1-c1c2c3cc(ccc3n1C[C@H](C)O)-c1csc(n1)C[C@H](NC(=O)[C@H]1[C@H](C)[C@@H]1C)C(=O)N1CCC[C@H](N1)C(=O)OCC(C)(C)C2. The van der Waals surface area contributed by atoms with Crippen LogP contribution in [0.4, 0.5) is 0 Å². The molecule has 3 aliphatic rings. The fraction of sp³-hybridized carbons (Fsp3) is 0.537. The number of amides is 2. The van der Waals surface area contributed by atoms with Crippen LogP contribution in [0.25, 0.3) is 33.4 Å². The van der Waals surface area contributed by atoms with E-state index in [4.69, 9.17) is 19.4 Å². The number of cyclic esters (lactones) is 1. The van der Waals surface area contributed by atoms with E-state index in [-0.39, 0.29) is 48.7 Å². The van der Waals surface area contributed by atoms with E-state index < -0.39 is 29.6 Å². The number of pyridine rings is 1. The topological polar surface area (TPSA) is 148 Å². The Labute approximate surface area is 320 Å². The number of aliphatic hydroxyl groups excluding tert-OH is 1. The average molecular weight is 757 g/mol. The maximum atomic E-state index is 14.1. The molecule has 0 unspecified atom stereocenters. The number of hydrogen-bond donors (Lipinski definition) is 3. The molecule has 13 heteroatoms. The molecule has 6 bridgehead atoms. The van der Waals surface area contributed by atoms with Crippen LogP contribution < -0.4 is 10.7 Å². The number of esters is 1. The number of hydrogen-bond acceptors (Lipinski definition) is 10. The number of nitrogens with zero attached hydrogens (tertiary/aromatic N) is 4. The van der Waals surface area contributed by atoms with Gasteiger partial charge in [-0.15, -0.1) is 11.3 Å². The first kappa shape index (κ1) is 38.1. The minimum Gasteiger partial charge on any atom is -0.464 e. The van der Waals surface area contributed by atoms with E-state index in [1.807, 2.05) is 24.4 Å². The van der Waals surface area contributed by atoms with E-state index in [9.17, 15) is 19.5 Å². The molecule has 1 saturated carbocycles. The number of hydrazine groups is 1. The van der Waals surface area contributed by atoms with Crippen molar-refractivity contribution in [3.63, 3.8) is 0 Å². The molecule has 1 aromatic carbocycles. The van der Waals surface area contributed by atoms with Crippen molar-refractivity contribution < 1.29 is 29.0 Å². The predicted molar refractivity (Wildman–Crippen MR) is 207 cm³/mol. The fourth-order valence-corrected chi connectivity index (χ4v) is 8.95. The van der Waals surface area contributed by atoms with Gasteiger partial charge in [0.1, 0.15) is 12.1 Å². The molecule has 1 aliphatic carbocycles. The van der Waals surface area contributed by atoms with Crippen molar-refractivity contribution in [3.05, 3.63) is 58.2 Å². The zero-order chi connectivity index (χ0) is 38.5. The van der Waals surface area contributed by atoms with Gasteiger partial charge in [0.15, 0.2) is 0 Å². The van der Waals surface area contributed by atoms with Crippen molar-refractivity contribution in [3.8, 4) is 22.5 Å². The van der Waals surface area contributed by atoms with Crippen LogP contribution in [-0.4, -0.2) is 80.9 Å². The Bertz CT molecular complexity index is 2050. The van der Waals surface area contributed by atoms with Gasteiger partial charge in [0.25, 0.3) is 5.91 Å². The van der Waals surface area contributed by atoms with Gasteiger partial charge in [0, 0.05) is 71.6 Å². The molecule has 7 atom stereocenters. The number of carbonyl (C=O) groups excluding carboxylic acids is 3. The molecule has 5 heterocycles. The molecule has 2 aliphatic heterocycles. The molecule has 3 aromatic heterocycles. The third-order valence-electron chi connectivity index (χ3n) is 11.4. The average Bonchev–Trinajstić information content (AvgIpc) is 3.42. The minimum atomic E-state index is -0.856. The molecule has 3 N–H and O–H groups in total. The maximum Gasteiger partial charge on any atom is 0.324 e. The summed E-state index contributed by atoms with van der Waals surface area (Å²) in [6.07, 6.45) is 2.74. The number of aromatic nitrogens is 3. The van der Waals surface area contributed by atoms with E-state index in [1.165, 1.54) is 16.3 Å². The Morgan fingerprint density at radius 2 is 1.98 bits per heavy atom. The van der Waals surface area contributed by atoms with Gasteiger partial charge < -0.3 is 24.5 Å². The highest BCUT2D eigenvalue weighted by atomic mass is 32.1. The van der Waals surface area contributed by atoms with Crippen molar-refractivity contribution >= 4 is 40.0 Å². The van der Waals surface area contributed by atoms with Crippen LogP contribution in [0.3, 0.4) is 0 Å². The lowest BCUT2D eigenvalue weighted by Gasteiger charge is -2.35. The van der Waals surface area contributed by atoms with E-state index in [1.54, 1.807) is 20.2 Å². The zero-order valence-electron chi connectivity index (χ0n) is 32.2. The van der Waals surface area contributed by atoms with Crippen LogP contribution in [0.5, 0.6) is 0 Å². The number of thiazole rings is 1. The van der Waals surface area contributed by atoms with Crippen LogP contribution in [0.2, 0.25) is 0 Å². The first-order valence-electron chi connectivity index (χ1n) is 19.1. The second-order valence-electron chi connectivity index (χ2n) is 16.2. The number of carbonyl (C=O) groups is 3. The number of ether oxygens (including phenoxy) is 2. The maximum absolute atomic E-state index is 14.1. The number of aliphatic hydroxyl groups is 1. The van der Waals surface area contributed by atoms with Gasteiger partial charge in [-0.05, 0) is 74.8 Å². The Hall–Kier alpha value is -4.17. The minimum absolute atomic E-state index is 0.130. The molecule has 54 heavy (non-hydrogen) atoms. The third kappa shape index (κ3) is 7.56. The monoisotopic (exact) mass is 756 g/mol. The molecule has 2 amide bonds. The Balaban J connectivity index is 1.37. The summed E-state index contributed by atoms with van der Waals surface area (Å²) in [5.41, 5.74) is 8.92. The van der Waals surface area contributed by atoms with E-state index >= 15 is 0 Å². The Morgan fingerprint density at radius 1 is 1.20 bits per heavy atom. The van der Waals surface area contributed by atoms with Gasteiger partial charge in [0.2, 0.25) is 5.91 Å². The lowest BCUT2D eigenvalue weighted by Crippen LogP contribution is -2.60. The van der Waals surface area contributed by atoms with Crippen LogP contribution in [0, 0.1) is 23.2 Å². The van der Waals surface area contributed by atoms with Crippen molar-refractivity contribution in [2.24, 2.45) is 23.2 Å². The third-order valence-corrected chi connectivity index (χ3v) is 12.3. The van der Waals surface area contributed by atoms with Crippen molar-refractivity contribution in [1.82, 2.24) is 30.3 Å². The second-order valence-corrected chi connectivity index (χ2v) is 17.2. The van der Waals surface area contributed by atoms with Crippen molar-refractivity contribution in [2.45, 2.75) is 98.1 Å². The van der Waals surface area contributed by atoms with Crippen LogP contribution >= 0.6 is 11.3 Å². The predicted octanol–water partition coefficient (Wildman–Crippen LogP) is 5.47. The summed E-state index contributed by atoms with van der Waals surface area (Å²) in [6, 6.07) is 8.67. The van der Waals surface area contributed by atoms with Crippen LogP contribution in [0.1, 0.15) is 76.8 Å². The smallest absolute Gasteiger partial charge is 0.324 e.